The molecule has 0 spiro atoms. The summed E-state index contributed by atoms with van der Waals surface area (Å²) < 4.78 is 4.94. The lowest BCUT2D eigenvalue weighted by molar-refractivity contribution is -0.137. The van der Waals surface area contributed by atoms with Crippen LogP contribution in [0.25, 0.3) is 0 Å². The van der Waals surface area contributed by atoms with Crippen LogP contribution in [0.5, 0.6) is 0 Å². The minimum absolute atomic E-state index is 0.00694. The summed E-state index contributed by atoms with van der Waals surface area (Å²) in [5.41, 5.74) is 0.514. The number of ketones is 2. The summed E-state index contributed by atoms with van der Waals surface area (Å²) in [6.07, 6.45) is 1.57. The maximum atomic E-state index is 11.4. The second kappa shape index (κ2) is 4.87. The molecule has 0 aromatic carbocycles. The summed E-state index contributed by atoms with van der Waals surface area (Å²) in [5.74, 6) is 0.0608. The number of carbonyl (C=O) groups is 3. The monoisotopic (exact) mass is 210 g/mol. The molecule has 1 aliphatic rings. The quantitative estimate of drug-likeness (QED) is 0.660. The van der Waals surface area contributed by atoms with Gasteiger partial charge in [-0.3, -0.25) is 9.59 Å². The second-order valence-electron chi connectivity index (χ2n) is 3.62. The van der Waals surface area contributed by atoms with Gasteiger partial charge in [0.15, 0.2) is 5.78 Å². The summed E-state index contributed by atoms with van der Waals surface area (Å²) in [6.45, 7) is 2.78. The van der Waals surface area contributed by atoms with Crippen LogP contribution in [0.3, 0.4) is 0 Å². The number of esters is 1. The predicted octanol–water partition coefficient (Wildman–Crippen LogP) is 1.54. The molecular formula is C11H14O4. The standard InChI is InChI=1S/C11H14O4/c1-7(12)3-4-9-10(14)5-6-11(9)15-8(2)13/h3-6H2,1-2H3. The molecule has 0 fully saturated rings. The van der Waals surface area contributed by atoms with Crippen molar-refractivity contribution in [1.29, 1.82) is 0 Å². The molecule has 1 aliphatic carbocycles. The van der Waals surface area contributed by atoms with Crippen molar-refractivity contribution < 1.29 is 19.1 Å². The van der Waals surface area contributed by atoms with E-state index in [0.29, 0.717) is 37.0 Å². The van der Waals surface area contributed by atoms with E-state index in [9.17, 15) is 14.4 Å². The second-order valence-corrected chi connectivity index (χ2v) is 3.62. The molecule has 0 heterocycles. The average Bonchev–Trinajstić information content (AvgIpc) is 2.43. The number of hydrogen-bond acceptors (Lipinski definition) is 4. The molecule has 0 atom stereocenters. The van der Waals surface area contributed by atoms with Crippen LogP contribution >= 0.6 is 0 Å². The Morgan fingerprint density at radius 2 is 1.93 bits per heavy atom. The minimum atomic E-state index is -0.417. The van der Waals surface area contributed by atoms with Crippen LogP contribution in [0.4, 0.5) is 0 Å². The highest BCUT2D eigenvalue weighted by molar-refractivity contribution is 5.99. The Labute approximate surface area is 88.3 Å². The highest BCUT2D eigenvalue weighted by atomic mass is 16.5. The molecule has 82 valence electrons. The van der Waals surface area contributed by atoms with Gasteiger partial charge in [-0.25, -0.2) is 0 Å². The Morgan fingerprint density at radius 1 is 1.27 bits per heavy atom. The van der Waals surface area contributed by atoms with Crippen LogP contribution in [-0.4, -0.2) is 17.5 Å². The molecular weight excluding hydrogens is 196 g/mol. The summed E-state index contributed by atoms with van der Waals surface area (Å²) in [7, 11) is 0. The van der Waals surface area contributed by atoms with Gasteiger partial charge in [0.2, 0.25) is 0 Å². The van der Waals surface area contributed by atoms with Gasteiger partial charge in [0.05, 0.1) is 0 Å². The Kier molecular flexibility index (Phi) is 3.77. The SMILES string of the molecule is CC(=O)CCC1=C(OC(C)=O)CCC1=O. The summed E-state index contributed by atoms with van der Waals surface area (Å²) in [4.78, 5) is 33.0. The van der Waals surface area contributed by atoms with Crippen molar-refractivity contribution in [2.75, 3.05) is 0 Å². The van der Waals surface area contributed by atoms with E-state index >= 15 is 0 Å². The zero-order chi connectivity index (χ0) is 11.4. The first-order valence-corrected chi connectivity index (χ1v) is 4.93. The maximum Gasteiger partial charge on any atom is 0.307 e. The molecule has 0 saturated heterocycles. The number of carbonyl (C=O) groups excluding carboxylic acids is 3. The lowest BCUT2D eigenvalue weighted by Gasteiger charge is -2.04. The van der Waals surface area contributed by atoms with E-state index in [0.717, 1.165) is 0 Å². The summed E-state index contributed by atoms with van der Waals surface area (Å²) >= 11 is 0. The van der Waals surface area contributed by atoms with Gasteiger partial charge in [-0.1, -0.05) is 0 Å². The van der Waals surface area contributed by atoms with E-state index in [1.807, 2.05) is 0 Å². The topological polar surface area (TPSA) is 60.4 Å². The lowest BCUT2D eigenvalue weighted by Crippen LogP contribution is -2.03. The van der Waals surface area contributed by atoms with E-state index in [2.05, 4.69) is 0 Å². The van der Waals surface area contributed by atoms with Gasteiger partial charge in [-0.15, -0.1) is 0 Å². The molecule has 0 amide bonds. The van der Waals surface area contributed by atoms with Crippen LogP contribution in [-0.2, 0) is 19.1 Å². The van der Waals surface area contributed by atoms with Gasteiger partial charge in [0.1, 0.15) is 11.5 Å². The molecule has 0 aromatic heterocycles. The van der Waals surface area contributed by atoms with Crippen LogP contribution < -0.4 is 0 Å². The van der Waals surface area contributed by atoms with Gasteiger partial charge in [-0.05, 0) is 13.3 Å². The molecule has 0 unspecified atom stereocenters. The van der Waals surface area contributed by atoms with Gasteiger partial charge < -0.3 is 9.53 Å². The molecule has 0 aliphatic heterocycles. The fourth-order valence-electron chi connectivity index (χ4n) is 1.55. The Balaban J connectivity index is 2.72. The Hall–Kier alpha value is -1.45. The molecule has 0 bridgehead atoms. The normalized spacial score (nSPS) is 15.7. The molecule has 4 heteroatoms. The van der Waals surface area contributed by atoms with Crippen molar-refractivity contribution >= 4 is 17.5 Å². The third kappa shape index (κ3) is 3.31. The Morgan fingerprint density at radius 3 is 2.47 bits per heavy atom. The van der Waals surface area contributed by atoms with Crippen molar-refractivity contribution in [1.82, 2.24) is 0 Å². The summed E-state index contributed by atoms with van der Waals surface area (Å²) in [6, 6.07) is 0. The maximum absolute atomic E-state index is 11.4. The van der Waals surface area contributed by atoms with Crippen LogP contribution in [0.15, 0.2) is 11.3 Å². The van der Waals surface area contributed by atoms with Gasteiger partial charge in [-0.2, -0.15) is 0 Å². The first-order chi connectivity index (χ1) is 7.00. The van der Waals surface area contributed by atoms with Crippen LogP contribution in [0.2, 0.25) is 0 Å². The lowest BCUT2D eigenvalue weighted by atomic mass is 10.1. The van der Waals surface area contributed by atoms with E-state index < -0.39 is 5.97 Å². The number of Topliss-reactive ketones (excluding diaryl/α,β-unsaturated/α-hetero) is 2. The molecule has 1 rings (SSSR count). The first-order valence-electron chi connectivity index (χ1n) is 4.93. The molecule has 0 N–H and O–H groups in total. The number of rotatable bonds is 4. The fraction of sp³-hybridized carbons (Fsp3) is 0.545. The number of hydrogen-bond donors (Lipinski definition) is 0. The Bertz CT molecular complexity index is 338. The third-order valence-corrected chi connectivity index (χ3v) is 2.25. The van der Waals surface area contributed by atoms with E-state index in [4.69, 9.17) is 4.74 Å². The van der Waals surface area contributed by atoms with Gasteiger partial charge >= 0.3 is 5.97 Å². The largest absolute Gasteiger partial charge is 0.431 e. The smallest absolute Gasteiger partial charge is 0.307 e. The number of allylic oxidation sites excluding steroid dienone is 2. The van der Waals surface area contributed by atoms with Crippen molar-refractivity contribution in [2.24, 2.45) is 0 Å². The molecule has 4 nitrogen and oxygen atoms in total. The van der Waals surface area contributed by atoms with Crippen molar-refractivity contribution in [3.05, 3.63) is 11.3 Å². The van der Waals surface area contributed by atoms with E-state index in [-0.39, 0.29) is 11.6 Å². The molecule has 0 saturated carbocycles. The van der Waals surface area contributed by atoms with Gasteiger partial charge in [0.25, 0.3) is 0 Å². The average molecular weight is 210 g/mol. The van der Waals surface area contributed by atoms with Crippen LogP contribution in [0.1, 0.15) is 39.5 Å². The van der Waals surface area contributed by atoms with E-state index in [1.54, 1.807) is 0 Å². The third-order valence-electron chi connectivity index (χ3n) is 2.25. The summed E-state index contributed by atoms with van der Waals surface area (Å²) in [5, 5.41) is 0. The highest BCUT2D eigenvalue weighted by Crippen LogP contribution is 2.27. The highest BCUT2D eigenvalue weighted by Gasteiger charge is 2.25. The van der Waals surface area contributed by atoms with Crippen molar-refractivity contribution in [2.45, 2.75) is 39.5 Å². The van der Waals surface area contributed by atoms with E-state index in [1.165, 1.54) is 13.8 Å². The van der Waals surface area contributed by atoms with Crippen molar-refractivity contribution in [3.8, 4) is 0 Å². The minimum Gasteiger partial charge on any atom is -0.431 e. The van der Waals surface area contributed by atoms with Crippen LogP contribution in [0, 0.1) is 0 Å². The zero-order valence-electron chi connectivity index (χ0n) is 8.96. The molecule has 15 heavy (non-hydrogen) atoms. The number of ether oxygens (including phenoxy) is 1. The van der Waals surface area contributed by atoms with Crippen molar-refractivity contribution in [3.63, 3.8) is 0 Å². The molecule has 0 radical (unpaired) electrons. The zero-order valence-corrected chi connectivity index (χ0v) is 8.96. The molecule has 0 aromatic rings. The van der Waals surface area contributed by atoms with Gasteiger partial charge in [0, 0.05) is 31.8 Å². The predicted molar refractivity (Wildman–Crippen MR) is 52.9 cm³/mol. The first kappa shape index (κ1) is 11.6. The fourth-order valence-corrected chi connectivity index (χ4v) is 1.55.